The van der Waals surface area contributed by atoms with Crippen LogP contribution in [-0.4, -0.2) is 46.4 Å². The van der Waals surface area contributed by atoms with Crippen molar-refractivity contribution < 1.29 is 8.42 Å². The Bertz CT molecular complexity index is 942. The molecule has 1 aliphatic rings. The van der Waals surface area contributed by atoms with Crippen molar-refractivity contribution >= 4 is 40.0 Å². The maximum atomic E-state index is 12.5. The highest BCUT2D eigenvalue weighted by molar-refractivity contribution is 14.0. The number of hydrogen-bond acceptors (Lipinski definition) is 3. The number of rotatable bonds is 7. The van der Waals surface area contributed by atoms with Gasteiger partial charge in [-0.3, -0.25) is 4.99 Å². The van der Waals surface area contributed by atoms with Crippen molar-refractivity contribution in [3.8, 4) is 0 Å². The summed E-state index contributed by atoms with van der Waals surface area (Å²) in [5, 5.41) is 6.65. The first-order valence-corrected chi connectivity index (χ1v) is 10.8. The van der Waals surface area contributed by atoms with Gasteiger partial charge < -0.3 is 10.6 Å². The van der Waals surface area contributed by atoms with Gasteiger partial charge in [-0.2, -0.15) is 0 Å². The van der Waals surface area contributed by atoms with Crippen LogP contribution >= 0.6 is 24.0 Å². The van der Waals surface area contributed by atoms with E-state index >= 15 is 0 Å². The van der Waals surface area contributed by atoms with Crippen molar-refractivity contribution in [1.29, 1.82) is 0 Å². The van der Waals surface area contributed by atoms with E-state index in [1.807, 2.05) is 18.2 Å². The predicted octanol–water partition coefficient (Wildman–Crippen LogP) is 2.95. The molecule has 0 spiro atoms. The molecule has 0 radical (unpaired) electrons. The summed E-state index contributed by atoms with van der Waals surface area (Å²) in [5.74, 6) is 0.666. The van der Waals surface area contributed by atoms with Crippen molar-refractivity contribution in [3.63, 3.8) is 0 Å². The molecule has 6 nitrogen and oxygen atoms in total. The van der Waals surface area contributed by atoms with Crippen molar-refractivity contribution in [2.75, 3.05) is 27.7 Å². The van der Waals surface area contributed by atoms with Crippen molar-refractivity contribution in [2.45, 2.75) is 29.7 Å². The molecule has 1 saturated carbocycles. The van der Waals surface area contributed by atoms with Crippen molar-refractivity contribution in [2.24, 2.45) is 4.99 Å². The molecule has 0 aromatic heterocycles. The molecule has 0 atom stereocenters. The lowest BCUT2D eigenvalue weighted by Crippen LogP contribution is -2.41. The Morgan fingerprint density at radius 3 is 2.24 bits per heavy atom. The largest absolute Gasteiger partial charge is 0.356 e. The molecule has 0 heterocycles. The van der Waals surface area contributed by atoms with Crippen LogP contribution in [0.3, 0.4) is 0 Å². The maximum absolute atomic E-state index is 12.5. The quantitative estimate of drug-likeness (QED) is 0.330. The molecule has 1 fully saturated rings. The summed E-state index contributed by atoms with van der Waals surface area (Å²) < 4.78 is 26.3. The van der Waals surface area contributed by atoms with Gasteiger partial charge in [0.25, 0.3) is 0 Å². The average Bonchev–Trinajstić information content (AvgIpc) is 3.50. The molecular weight excluding hydrogens is 499 g/mol. The van der Waals surface area contributed by atoms with Crippen LogP contribution in [0.4, 0.5) is 0 Å². The first-order chi connectivity index (χ1) is 13.4. The fraction of sp³-hybridized carbons (Fsp3) is 0.381. The molecule has 2 aromatic carbocycles. The zero-order valence-electron chi connectivity index (χ0n) is 17.1. The molecular formula is C21H29IN4O2S. The smallest absolute Gasteiger partial charge is 0.242 e. The second kappa shape index (κ2) is 9.90. The number of aliphatic imine (C=N–C) groups is 1. The number of guanidine groups is 1. The molecule has 2 aromatic rings. The minimum absolute atomic E-state index is 0. The first kappa shape index (κ1) is 23.6. The Labute approximate surface area is 190 Å². The second-order valence-corrected chi connectivity index (χ2v) is 9.44. The number of hydrogen-bond donors (Lipinski definition) is 2. The van der Waals surface area contributed by atoms with E-state index in [-0.39, 0.29) is 29.4 Å². The molecule has 1 aliphatic carbocycles. The summed E-state index contributed by atoms with van der Waals surface area (Å²) in [5.41, 5.74) is 2.23. The first-order valence-electron chi connectivity index (χ1n) is 9.39. The Morgan fingerprint density at radius 1 is 1.03 bits per heavy atom. The van der Waals surface area contributed by atoms with Crippen molar-refractivity contribution in [1.82, 2.24) is 14.9 Å². The van der Waals surface area contributed by atoms with Gasteiger partial charge in [0.1, 0.15) is 0 Å². The van der Waals surface area contributed by atoms with E-state index in [1.54, 1.807) is 33.3 Å². The van der Waals surface area contributed by atoms with Gasteiger partial charge in [0.2, 0.25) is 10.0 Å². The van der Waals surface area contributed by atoms with E-state index in [4.69, 9.17) is 0 Å². The Balaban J connectivity index is 0.00000300. The maximum Gasteiger partial charge on any atom is 0.242 e. The van der Waals surface area contributed by atoms with Crippen LogP contribution in [0.2, 0.25) is 0 Å². The van der Waals surface area contributed by atoms with Crippen LogP contribution in [-0.2, 0) is 22.0 Å². The van der Waals surface area contributed by atoms with Gasteiger partial charge in [-0.1, -0.05) is 48.5 Å². The van der Waals surface area contributed by atoms with Gasteiger partial charge >= 0.3 is 0 Å². The lowest BCUT2D eigenvalue weighted by Gasteiger charge is -2.20. The molecule has 3 rings (SSSR count). The van der Waals surface area contributed by atoms with Crippen LogP contribution in [0.5, 0.6) is 0 Å². The monoisotopic (exact) mass is 528 g/mol. The summed E-state index contributed by atoms with van der Waals surface area (Å²) >= 11 is 0. The summed E-state index contributed by atoms with van der Waals surface area (Å²) in [6, 6.07) is 17.6. The highest BCUT2D eigenvalue weighted by atomic mass is 127. The normalized spacial score (nSPS) is 15.5. The second-order valence-electron chi connectivity index (χ2n) is 7.32. The third-order valence-corrected chi connectivity index (χ3v) is 7.15. The van der Waals surface area contributed by atoms with E-state index in [9.17, 15) is 8.42 Å². The van der Waals surface area contributed by atoms with Gasteiger partial charge in [-0.05, 0) is 30.0 Å². The zero-order valence-corrected chi connectivity index (χ0v) is 20.2. The fourth-order valence-electron chi connectivity index (χ4n) is 3.26. The summed E-state index contributed by atoms with van der Waals surface area (Å²) in [6.45, 7) is 1.18. The molecule has 0 unspecified atom stereocenters. The summed E-state index contributed by atoms with van der Waals surface area (Å²) in [4.78, 5) is 4.60. The van der Waals surface area contributed by atoms with Gasteiger partial charge in [-0.15, -0.1) is 24.0 Å². The molecule has 0 bridgehead atoms. The number of sulfonamides is 1. The number of halogens is 1. The molecule has 29 heavy (non-hydrogen) atoms. The SMILES string of the molecule is CN=C(NCc1ccccc1S(=O)(=O)N(C)C)NCC1(c2ccccc2)CC1.I. The van der Waals surface area contributed by atoms with Crippen LogP contribution in [0.15, 0.2) is 64.5 Å². The minimum Gasteiger partial charge on any atom is -0.356 e. The van der Waals surface area contributed by atoms with Gasteiger partial charge in [0, 0.05) is 39.6 Å². The van der Waals surface area contributed by atoms with E-state index in [0.717, 1.165) is 19.4 Å². The van der Waals surface area contributed by atoms with Gasteiger partial charge in [0.05, 0.1) is 4.90 Å². The van der Waals surface area contributed by atoms with Crippen LogP contribution in [0.1, 0.15) is 24.0 Å². The lowest BCUT2D eigenvalue weighted by molar-refractivity contribution is 0.519. The number of benzene rings is 2. The molecule has 158 valence electrons. The topological polar surface area (TPSA) is 73.8 Å². The third kappa shape index (κ3) is 5.49. The highest BCUT2D eigenvalue weighted by Gasteiger charge is 2.44. The van der Waals surface area contributed by atoms with Crippen LogP contribution < -0.4 is 10.6 Å². The average molecular weight is 528 g/mol. The molecule has 8 heteroatoms. The van der Waals surface area contributed by atoms with E-state index < -0.39 is 10.0 Å². The lowest BCUT2D eigenvalue weighted by atomic mass is 9.96. The third-order valence-electron chi connectivity index (χ3n) is 5.24. The zero-order chi connectivity index (χ0) is 20.2. The van der Waals surface area contributed by atoms with Crippen LogP contribution in [0, 0.1) is 0 Å². The van der Waals surface area contributed by atoms with Gasteiger partial charge in [-0.25, -0.2) is 12.7 Å². The fourth-order valence-corrected chi connectivity index (χ4v) is 4.38. The standard InChI is InChI=1S/C21H28N4O2S.HI/c1-22-20(24-16-21(13-14-21)18-10-5-4-6-11-18)23-15-17-9-7-8-12-19(17)28(26,27)25(2)3;/h4-12H,13-16H2,1-3H3,(H2,22,23,24);1H. The Kier molecular flexibility index (Phi) is 8.07. The molecule has 0 aliphatic heterocycles. The number of nitrogens with zero attached hydrogens (tertiary/aromatic N) is 2. The Hall–Kier alpha value is -1.65. The molecule has 0 amide bonds. The van der Waals surface area contributed by atoms with E-state index in [2.05, 4.69) is 39.9 Å². The van der Waals surface area contributed by atoms with E-state index in [0.29, 0.717) is 23.0 Å². The van der Waals surface area contributed by atoms with Gasteiger partial charge in [0.15, 0.2) is 5.96 Å². The Morgan fingerprint density at radius 2 is 1.66 bits per heavy atom. The molecule has 2 N–H and O–H groups in total. The molecule has 0 saturated heterocycles. The van der Waals surface area contributed by atoms with Crippen LogP contribution in [0.25, 0.3) is 0 Å². The summed E-state index contributed by atoms with van der Waals surface area (Å²) in [6.07, 6.45) is 2.32. The number of nitrogens with one attached hydrogen (secondary N) is 2. The van der Waals surface area contributed by atoms with Crippen molar-refractivity contribution in [3.05, 3.63) is 65.7 Å². The summed E-state index contributed by atoms with van der Waals surface area (Å²) in [7, 11) is 1.31. The minimum atomic E-state index is -3.49. The predicted molar refractivity (Wildman–Crippen MR) is 128 cm³/mol. The highest BCUT2D eigenvalue weighted by Crippen LogP contribution is 2.47. The van der Waals surface area contributed by atoms with E-state index in [1.165, 1.54) is 9.87 Å².